The first-order chi connectivity index (χ1) is 11.6. The molecule has 2 aromatic carbocycles. The number of methoxy groups -OCH3 is 1. The Hall–Kier alpha value is -2.37. The van der Waals surface area contributed by atoms with E-state index in [4.69, 9.17) is 16.3 Å². The van der Waals surface area contributed by atoms with Crippen molar-refractivity contribution in [1.82, 2.24) is 4.98 Å². The molecule has 0 aliphatic rings. The number of benzene rings is 2. The summed E-state index contributed by atoms with van der Waals surface area (Å²) >= 11 is 7.91. The second-order valence-electron chi connectivity index (χ2n) is 5.13. The van der Waals surface area contributed by atoms with Crippen molar-refractivity contribution in [1.29, 1.82) is 0 Å². The lowest BCUT2D eigenvalue weighted by Crippen LogP contribution is -2.11. The number of hydrogen-bond donors (Lipinski definition) is 1. The van der Waals surface area contributed by atoms with Crippen molar-refractivity contribution >= 4 is 34.5 Å². The van der Waals surface area contributed by atoms with E-state index in [1.807, 2.05) is 24.4 Å². The van der Waals surface area contributed by atoms with Crippen LogP contribution in [0.2, 0.25) is 5.02 Å². The van der Waals surface area contributed by atoms with Crippen LogP contribution >= 0.6 is 22.9 Å². The molecule has 1 amide bonds. The number of carbonyl (C=O) groups excluding carboxylic acids is 1. The molecule has 0 fully saturated rings. The Morgan fingerprint density at radius 1 is 1.21 bits per heavy atom. The van der Waals surface area contributed by atoms with Crippen LogP contribution in [0, 0.1) is 6.92 Å². The first-order valence-electron chi connectivity index (χ1n) is 7.24. The molecule has 0 bridgehead atoms. The van der Waals surface area contributed by atoms with Crippen molar-refractivity contribution in [3.63, 3.8) is 0 Å². The number of thiazole rings is 1. The van der Waals surface area contributed by atoms with Gasteiger partial charge < -0.3 is 10.1 Å². The first kappa shape index (κ1) is 16.5. The Bertz CT molecular complexity index is 875. The number of nitrogens with one attached hydrogen (secondary N) is 1. The van der Waals surface area contributed by atoms with E-state index in [1.165, 1.54) is 0 Å². The fourth-order valence-corrected chi connectivity index (χ4v) is 3.12. The van der Waals surface area contributed by atoms with Crippen molar-refractivity contribution in [3.05, 3.63) is 63.4 Å². The molecule has 0 radical (unpaired) electrons. The molecule has 0 aliphatic heterocycles. The van der Waals surface area contributed by atoms with Crippen LogP contribution in [-0.2, 0) is 0 Å². The predicted molar refractivity (Wildman–Crippen MR) is 98.2 cm³/mol. The minimum Gasteiger partial charge on any atom is -0.497 e. The zero-order valence-corrected chi connectivity index (χ0v) is 14.7. The Morgan fingerprint density at radius 3 is 2.54 bits per heavy atom. The van der Waals surface area contributed by atoms with E-state index in [1.54, 1.807) is 48.8 Å². The zero-order chi connectivity index (χ0) is 17.1. The number of ether oxygens (including phenoxy) is 1. The first-order valence-corrected chi connectivity index (χ1v) is 8.50. The van der Waals surface area contributed by atoms with E-state index in [0.717, 1.165) is 16.3 Å². The van der Waals surface area contributed by atoms with Crippen molar-refractivity contribution in [2.75, 3.05) is 12.4 Å². The summed E-state index contributed by atoms with van der Waals surface area (Å²) in [5.74, 6) is 0.503. The maximum atomic E-state index is 12.3. The lowest BCUT2D eigenvalue weighted by atomic mass is 10.1. The van der Waals surface area contributed by atoms with Gasteiger partial charge in [0.05, 0.1) is 22.8 Å². The number of hydrogen-bond acceptors (Lipinski definition) is 4. The normalized spacial score (nSPS) is 10.5. The Labute approximate surface area is 149 Å². The van der Waals surface area contributed by atoms with Crippen LogP contribution in [-0.4, -0.2) is 18.0 Å². The van der Waals surface area contributed by atoms with Crippen molar-refractivity contribution in [2.45, 2.75) is 6.92 Å². The second-order valence-corrected chi connectivity index (χ2v) is 6.60. The van der Waals surface area contributed by atoms with Gasteiger partial charge in [0.1, 0.15) is 5.75 Å². The highest BCUT2D eigenvalue weighted by molar-refractivity contribution is 7.09. The van der Waals surface area contributed by atoms with Gasteiger partial charge in [-0.15, -0.1) is 11.3 Å². The number of anilines is 1. The molecular weight excluding hydrogens is 344 g/mol. The van der Waals surface area contributed by atoms with E-state index < -0.39 is 0 Å². The molecule has 0 spiro atoms. The molecule has 0 atom stereocenters. The molecule has 1 aromatic heterocycles. The Balaban J connectivity index is 1.77. The highest BCUT2D eigenvalue weighted by atomic mass is 35.5. The Morgan fingerprint density at radius 2 is 1.96 bits per heavy atom. The lowest BCUT2D eigenvalue weighted by molar-refractivity contribution is 0.102. The standard InChI is InChI=1S/C18H15ClN2O2S/c1-11-20-17(10-24-11)15-8-5-13(9-16(15)19)21-18(22)12-3-6-14(23-2)7-4-12/h3-10H,1-2H3,(H,21,22). The minimum atomic E-state index is -0.203. The average Bonchev–Trinajstić information content (AvgIpc) is 3.01. The van der Waals surface area contributed by atoms with Gasteiger partial charge in [-0.1, -0.05) is 11.6 Å². The number of aromatic nitrogens is 1. The van der Waals surface area contributed by atoms with Crippen molar-refractivity contribution in [2.24, 2.45) is 0 Å². The number of rotatable bonds is 4. The van der Waals surface area contributed by atoms with Crippen LogP contribution in [0.1, 0.15) is 15.4 Å². The van der Waals surface area contributed by atoms with Crippen LogP contribution in [0.25, 0.3) is 11.3 Å². The lowest BCUT2D eigenvalue weighted by Gasteiger charge is -2.08. The number of carbonyl (C=O) groups is 1. The average molecular weight is 359 g/mol. The fraction of sp³-hybridized carbons (Fsp3) is 0.111. The molecule has 3 rings (SSSR count). The van der Waals surface area contributed by atoms with Gasteiger partial charge in [-0.3, -0.25) is 4.79 Å². The molecular formula is C18H15ClN2O2S. The molecule has 0 unspecified atom stereocenters. The number of aryl methyl sites for hydroxylation is 1. The van der Waals surface area contributed by atoms with Crippen LogP contribution in [0.3, 0.4) is 0 Å². The fourth-order valence-electron chi connectivity index (χ4n) is 2.23. The van der Waals surface area contributed by atoms with E-state index in [2.05, 4.69) is 10.3 Å². The van der Waals surface area contributed by atoms with Gasteiger partial charge in [0.15, 0.2) is 0 Å². The van der Waals surface area contributed by atoms with Crippen LogP contribution in [0.5, 0.6) is 5.75 Å². The van der Waals surface area contributed by atoms with Gasteiger partial charge in [-0.25, -0.2) is 4.98 Å². The van der Waals surface area contributed by atoms with E-state index in [-0.39, 0.29) is 5.91 Å². The highest BCUT2D eigenvalue weighted by Gasteiger charge is 2.10. The van der Waals surface area contributed by atoms with Crippen LogP contribution in [0.15, 0.2) is 47.8 Å². The van der Waals surface area contributed by atoms with Gasteiger partial charge in [0.25, 0.3) is 5.91 Å². The molecule has 1 N–H and O–H groups in total. The quantitative estimate of drug-likeness (QED) is 0.711. The third-order valence-electron chi connectivity index (χ3n) is 3.47. The third-order valence-corrected chi connectivity index (χ3v) is 4.56. The second kappa shape index (κ2) is 7.03. The summed E-state index contributed by atoms with van der Waals surface area (Å²) < 4.78 is 5.09. The molecule has 0 saturated carbocycles. The van der Waals surface area contributed by atoms with Gasteiger partial charge >= 0.3 is 0 Å². The Kier molecular flexibility index (Phi) is 4.83. The van der Waals surface area contributed by atoms with Gasteiger partial charge in [0, 0.05) is 22.2 Å². The molecule has 4 nitrogen and oxygen atoms in total. The monoisotopic (exact) mass is 358 g/mol. The van der Waals surface area contributed by atoms with Crippen LogP contribution in [0.4, 0.5) is 5.69 Å². The predicted octanol–water partition coefficient (Wildman–Crippen LogP) is 5.03. The minimum absolute atomic E-state index is 0.203. The maximum Gasteiger partial charge on any atom is 0.255 e. The van der Waals surface area contributed by atoms with E-state index in [0.29, 0.717) is 22.0 Å². The van der Waals surface area contributed by atoms with Crippen molar-refractivity contribution < 1.29 is 9.53 Å². The van der Waals surface area contributed by atoms with Gasteiger partial charge in [-0.2, -0.15) is 0 Å². The molecule has 122 valence electrons. The summed E-state index contributed by atoms with van der Waals surface area (Å²) in [5.41, 5.74) is 2.88. The number of nitrogens with zero attached hydrogens (tertiary/aromatic N) is 1. The summed E-state index contributed by atoms with van der Waals surface area (Å²) in [6.45, 7) is 1.95. The van der Waals surface area contributed by atoms with Gasteiger partial charge in [0.2, 0.25) is 0 Å². The summed E-state index contributed by atoms with van der Waals surface area (Å²) in [4.78, 5) is 16.7. The molecule has 6 heteroatoms. The topological polar surface area (TPSA) is 51.2 Å². The highest BCUT2D eigenvalue weighted by Crippen LogP contribution is 2.31. The summed E-state index contributed by atoms with van der Waals surface area (Å²) in [7, 11) is 1.59. The van der Waals surface area contributed by atoms with Crippen molar-refractivity contribution in [3.8, 4) is 17.0 Å². The molecule has 0 aliphatic carbocycles. The van der Waals surface area contributed by atoms with Gasteiger partial charge in [-0.05, 0) is 49.4 Å². The molecule has 3 aromatic rings. The maximum absolute atomic E-state index is 12.3. The SMILES string of the molecule is COc1ccc(C(=O)Nc2ccc(-c3csc(C)n3)c(Cl)c2)cc1. The number of halogens is 1. The van der Waals surface area contributed by atoms with E-state index in [9.17, 15) is 4.79 Å². The zero-order valence-electron chi connectivity index (χ0n) is 13.2. The summed E-state index contributed by atoms with van der Waals surface area (Å²) in [6, 6.07) is 12.3. The third kappa shape index (κ3) is 3.58. The molecule has 1 heterocycles. The summed E-state index contributed by atoms with van der Waals surface area (Å²) in [5, 5.41) is 6.34. The smallest absolute Gasteiger partial charge is 0.255 e. The molecule has 0 saturated heterocycles. The van der Waals surface area contributed by atoms with E-state index >= 15 is 0 Å². The molecule has 24 heavy (non-hydrogen) atoms. The number of amides is 1. The summed E-state index contributed by atoms with van der Waals surface area (Å²) in [6.07, 6.45) is 0. The largest absolute Gasteiger partial charge is 0.497 e. The van der Waals surface area contributed by atoms with Crippen LogP contribution < -0.4 is 10.1 Å².